The van der Waals surface area contributed by atoms with E-state index in [0.29, 0.717) is 19.4 Å². The molecule has 0 atom stereocenters. The monoisotopic (exact) mass is 302 g/mol. The molecule has 118 valence electrons. The van der Waals surface area contributed by atoms with E-state index in [1.54, 1.807) is 6.92 Å². The van der Waals surface area contributed by atoms with Crippen LogP contribution in [0.5, 0.6) is 0 Å². The van der Waals surface area contributed by atoms with Gasteiger partial charge in [-0.05, 0) is 19.8 Å². The van der Waals surface area contributed by atoms with Gasteiger partial charge in [-0.25, -0.2) is 0 Å². The summed E-state index contributed by atoms with van der Waals surface area (Å²) in [5.41, 5.74) is 0. The van der Waals surface area contributed by atoms with E-state index in [4.69, 9.17) is 4.74 Å². The van der Waals surface area contributed by atoms with E-state index >= 15 is 0 Å². The van der Waals surface area contributed by atoms with E-state index in [2.05, 4.69) is 13.8 Å². The minimum atomic E-state index is -0.794. The van der Waals surface area contributed by atoms with Crippen LogP contribution in [0.25, 0.3) is 0 Å². The van der Waals surface area contributed by atoms with Gasteiger partial charge >= 0.3 is 5.97 Å². The summed E-state index contributed by atoms with van der Waals surface area (Å²) < 4.78 is 16.8. The number of unbranched alkanes of at least 4 members (excludes halogenated alkanes) is 6. The first-order chi connectivity index (χ1) is 9.66. The molecule has 20 heavy (non-hydrogen) atoms. The van der Waals surface area contributed by atoms with Gasteiger partial charge in [0.05, 0.1) is 6.61 Å². The van der Waals surface area contributed by atoms with Crippen molar-refractivity contribution in [3.63, 3.8) is 0 Å². The number of hydrogen-bond donors (Lipinski definition) is 0. The van der Waals surface area contributed by atoms with Gasteiger partial charge in [-0.1, -0.05) is 65.2 Å². The van der Waals surface area contributed by atoms with Crippen LogP contribution < -0.4 is 0 Å². The van der Waals surface area contributed by atoms with E-state index in [9.17, 15) is 9.36 Å². The minimum Gasteiger partial charge on any atom is -0.465 e. The summed E-state index contributed by atoms with van der Waals surface area (Å²) >= 11 is 0. The lowest BCUT2D eigenvalue weighted by molar-refractivity contribution is -0.146. The molecule has 0 N–H and O–H groups in total. The Kier molecular flexibility index (Phi) is 12.1. The van der Waals surface area contributed by atoms with E-state index in [-0.39, 0.29) is 14.4 Å². The van der Waals surface area contributed by atoms with Crippen molar-refractivity contribution in [1.29, 1.82) is 0 Å². The molecule has 0 heterocycles. The molecule has 0 rings (SSSR count). The third-order valence-corrected chi connectivity index (χ3v) is 4.70. The number of hydrogen-bond acceptors (Lipinski definition) is 3. The molecule has 0 aromatic heterocycles. The van der Waals surface area contributed by atoms with Crippen molar-refractivity contribution >= 4 is 14.4 Å². The summed E-state index contributed by atoms with van der Waals surface area (Å²) in [5.74, 6) is -0.273. The molecule has 0 spiro atoms. The van der Waals surface area contributed by atoms with Crippen molar-refractivity contribution in [2.24, 2.45) is 0 Å². The Balaban J connectivity index is 4.52. The fourth-order valence-corrected chi connectivity index (χ4v) is 3.05. The Labute approximate surface area is 126 Å². The number of esters is 1. The van der Waals surface area contributed by atoms with Crippen LogP contribution in [0.15, 0.2) is 0 Å². The standard InChI is InChI=1S/C16H31O3P/c1-4-7-9-11-13-16(20-18,15(17)19-6-3)14-12-10-8-5-2/h4-14H2,1-3H3. The molecule has 0 bridgehead atoms. The predicted octanol–water partition coefficient (Wildman–Crippen LogP) is 5.52. The maximum atomic E-state index is 12.2. The summed E-state index contributed by atoms with van der Waals surface area (Å²) in [6.07, 6.45) is 10.1. The highest BCUT2D eigenvalue weighted by molar-refractivity contribution is 7.27. The third-order valence-electron chi connectivity index (χ3n) is 3.72. The van der Waals surface area contributed by atoms with Crippen molar-refractivity contribution in [3.8, 4) is 0 Å². The molecule has 0 aromatic carbocycles. The Hall–Kier alpha value is -0.430. The molecule has 0 unspecified atom stereocenters. The second kappa shape index (κ2) is 12.3. The van der Waals surface area contributed by atoms with Crippen molar-refractivity contribution < 1.29 is 14.1 Å². The van der Waals surface area contributed by atoms with Crippen LogP contribution in [0.1, 0.15) is 85.0 Å². The van der Waals surface area contributed by atoms with Gasteiger partial charge < -0.3 is 4.74 Å². The molecule has 0 fully saturated rings. The largest absolute Gasteiger partial charge is 0.465 e. The van der Waals surface area contributed by atoms with Crippen LogP contribution in [0, 0.1) is 0 Å². The first kappa shape index (κ1) is 19.6. The molecular formula is C16H31O3P. The maximum absolute atomic E-state index is 12.2. The van der Waals surface area contributed by atoms with Gasteiger partial charge in [0.15, 0.2) is 8.46 Å². The van der Waals surface area contributed by atoms with Crippen molar-refractivity contribution in [3.05, 3.63) is 0 Å². The molecule has 0 aliphatic rings. The molecule has 4 heteroatoms. The average Bonchev–Trinajstić information content (AvgIpc) is 2.46. The van der Waals surface area contributed by atoms with Gasteiger partial charge in [-0.15, -0.1) is 0 Å². The first-order valence-corrected chi connectivity index (χ1v) is 8.99. The Morgan fingerprint density at radius 3 is 1.75 bits per heavy atom. The minimum absolute atomic E-state index is 0.0672. The molecule has 3 nitrogen and oxygen atoms in total. The molecule has 0 saturated heterocycles. The molecule has 0 aliphatic carbocycles. The zero-order chi connectivity index (χ0) is 15.3. The summed E-state index contributed by atoms with van der Waals surface area (Å²) in [6.45, 7) is 6.49. The van der Waals surface area contributed by atoms with Gasteiger partial charge in [0.1, 0.15) is 5.16 Å². The predicted molar refractivity (Wildman–Crippen MR) is 84.5 cm³/mol. The summed E-state index contributed by atoms with van der Waals surface area (Å²) in [5, 5.41) is -0.794. The van der Waals surface area contributed by atoms with Crippen LogP contribution >= 0.6 is 8.46 Å². The van der Waals surface area contributed by atoms with Gasteiger partial charge in [0.25, 0.3) is 0 Å². The van der Waals surface area contributed by atoms with Crippen LogP contribution in [-0.2, 0) is 14.1 Å². The lowest BCUT2D eigenvalue weighted by Crippen LogP contribution is -2.34. The van der Waals surface area contributed by atoms with Crippen LogP contribution in [0.2, 0.25) is 0 Å². The zero-order valence-electron chi connectivity index (χ0n) is 13.5. The van der Waals surface area contributed by atoms with Gasteiger partial charge in [-0.3, -0.25) is 9.36 Å². The summed E-state index contributed by atoms with van der Waals surface area (Å²) in [6, 6.07) is 0. The lowest BCUT2D eigenvalue weighted by Gasteiger charge is -2.24. The Bertz CT molecular complexity index is 254. The molecule has 0 aliphatic heterocycles. The highest BCUT2D eigenvalue weighted by atomic mass is 31.1. The van der Waals surface area contributed by atoms with Gasteiger partial charge in [-0.2, -0.15) is 0 Å². The van der Waals surface area contributed by atoms with Gasteiger partial charge in [0, 0.05) is 0 Å². The Morgan fingerprint density at radius 1 is 0.900 bits per heavy atom. The maximum Gasteiger partial charge on any atom is 0.323 e. The van der Waals surface area contributed by atoms with Crippen molar-refractivity contribution in [1.82, 2.24) is 0 Å². The topological polar surface area (TPSA) is 43.4 Å². The first-order valence-electron chi connectivity index (χ1n) is 8.18. The number of carbonyl (C=O) groups excluding carboxylic acids is 1. The van der Waals surface area contributed by atoms with E-state index in [0.717, 1.165) is 38.5 Å². The second-order valence-corrected chi connectivity index (χ2v) is 6.50. The summed E-state index contributed by atoms with van der Waals surface area (Å²) in [7, 11) is -0.0672. The van der Waals surface area contributed by atoms with E-state index < -0.39 is 5.16 Å². The van der Waals surface area contributed by atoms with Crippen LogP contribution in [0.4, 0.5) is 0 Å². The highest BCUT2D eigenvalue weighted by Crippen LogP contribution is 2.36. The second-order valence-electron chi connectivity index (χ2n) is 5.46. The van der Waals surface area contributed by atoms with E-state index in [1.807, 2.05) is 0 Å². The third kappa shape index (κ3) is 7.38. The van der Waals surface area contributed by atoms with Crippen LogP contribution in [-0.4, -0.2) is 17.7 Å². The fraction of sp³-hybridized carbons (Fsp3) is 0.938. The van der Waals surface area contributed by atoms with E-state index in [1.165, 1.54) is 12.8 Å². The molecule has 0 saturated carbocycles. The molecular weight excluding hydrogens is 271 g/mol. The average molecular weight is 302 g/mol. The zero-order valence-corrected chi connectivity index (χ0v) is 14.3. The highest BCUT2D eigenvalue weighted by Gasteiger charge is 2.40. The normalized spacial score (nSPS) is 11.8. The summed E-state index contributed by atoms with van der Waals surface area (Å²) in [4.78, 5) is 12.2. The molecule has 0 aromatic rings. The van der Waals surface area contributed by atoms with Gasteiger partial charge in [0.2, 0.25) is 0 Å². The number of ether oxygens (including phenoxy) is 1. The SMILES string of the molecule is CCCCCCC(CCCCCC)(P=O)C(=O)OCC. The lowest BCUT2D eigenvalue weighted by atomic mass is 9.93. The number of rotatable bonds is 13. The molecule has 0 radical (unpaired) electrons. The fourth-order valence-electron chi connectivity index (χ4n) is 2.41. The quantitative estimate of drug-likeness (QED) is 0.255. The smallest absolute Gasteiger partial charge is 0.323 e. The molecule has 0 amide bonds. The Morgan fingerprint density at radius 2 is 1.40 bits per heavy atom. The van der Waals surface area contributed by atoms with Crippen molar-refractivity contribution in [2.45, 2.75) is 90.1 Å². The van der Waals surface area contributed by atoms with Crippen LogP contribution in [0.3, 0.4) is 0 Å². The number of carbonyl (C=O) groups is 1. The van der Waals surface area contributed by atoms with Crippen molar-refractivity contribution in [2.75, 3.05) is 6.61 Å².